The fourth-order valence-corrected chi connectivity index (χ4v) is 4.01. The lowest BCUT2D eigenvalue weighted by Gasteiger charge is -2.20. The summed E-state index contributed by atoms with van der Waals surface area (Å²) in [4.78, 5) is 4.68. The maximum absolute atomic E-state index is 12.3. The van der Waals surface area contributed by atoms with Gasteiger partial charge in [-0.1, -0.05) is 0 Å². The average Bonchev–Trinajstić information content (AvgIpc) is 2.69. The Bertz CT molecular complexity index is 665. The van der Waals surface area contributed by atoms with Crippen LogP contribution in [0.2, 0.25) is 0 Å². The molecule has 2 heterocycles. The van der Waals surface area contributed by atoms with Crippen LogP contribution in [0.25, 0.3) is 4.96 Å². The number of fused-ring (bicyclic) bond motifs is 1. The number of thiazole rings is 1. The molecule has 0 amide bonds. The monoisotopic (exact) mass is 289 g/mol. The fraction of sp³-hybridized carbons (Fsp3) is 0.444. The smallest absolute Gasteiger partial charge is 0.260 e. The van der Waals surface area contributed by atoms with Crippen molar-refractivity contribution in [3.63, 3.8) is 0 Å². The SMILES string of the molecule is CC(C)(C)NS(=O)(=O)c1c(NN)nc2sccn12. The number of hydrazine groups is 1. The fourth-order valence-electron chi connectivity index (χ4n) is 1.57. The van der Waals surface area contributed by atoms with E-state index in [0.29, 0.717) is 4.96 Å². The molecule has 0 aliphatic carbocycles. The van der Waals surface area contributed by atoms with Gasteiger partial charge in [0.2, 0.25) is 5.03 Å². The molecule has 2 aromatic rings. The van der Waals surface area contributed by atoms with E-state index in [4.69, 9.17) is 5.84 Å². The van der Waals surface area contributed by atoms with Gasteiger partial charge in [-0.2, -0.15) is 4.98 Å². The predicted molar refractivity (Wildman–Crippen MR) is 71.0 cm³/mol. The molecule has 0 aliphatic rings. The van der Waals surface area contributed by atoms with Crippen LogP contribution in [0.3, 0.4) is 0 Å². The highest BCUT2D eigenvalue weighted by molar-refractivity contribution is 7.89. The zero-order chi connectivity index (χ0) is 13.6. The zero-order valence-corrected chi connectivity index (χ0v) is 11.9. The van der Waals surface area contributed by atoms with Crippen molar-refractivity contribution in [3.05, 3.63) is 11.6 Å². The third kappa shape index (κ3) is 2.34. The summed E-state index contributed by atoms with van der Waals surface area (Å²) in [6.07, 6.45) is 1.64. The second kappa shape index (κ2) is 4.19. The first-order valence-electron chi connectivity index (χ1n) is 5.21. The third-order valence-corrected chi connectivity index (χ3v) is 4.59. The molecule has 0 aliphatic heterocycles. The van der Waals surface area contributed by atoms with Gasteiger partial charge in [-0.3, -0.25) is 4.40 Å². The van der Waals surface area contributed by atoms with Crippen LogP contribution in [-0.2, 0) is 10.0 Å². The summed E-state index contributed by atoms with van der Waals surface area (Å²) in [6, 6.07) is 0. The van der Waals surface area contributed by atoms with Gasteiger partial charge < -0.3 is 5.43 Å². The van der Waals surface area contributed by atoms with E-state index in [0.717, 1.165) is 0 Å². The minimum absolute atomic E-state index is 0.0242. The van der Waals surface area contributed by atoms with E-state index in [9.17, 15) is 8.42 Å². The number of nitrogens with two attached hydrogens (primary N) is 1. The summed E-state index contributed by atoms with van der Waals surface area (Å²) in [5.41, 5.74) is 1.74. The van der Waals surface area contributed by atoms with Gasteiger partial charge in [0, 0.05) is 17.1 Å². The first-order chi connectivity index (χ1) is 8.24. The number of nitrogens with zero attached hydrogens (tertiary/aromatic N) is 2. The first-order valence-corrected chi connectivity index (χ1v) is 7.57. The molecular formula is C9H15N5O2S2. The Balaban J connectivity index is 2.62. The van der Waals surface area contributed by atoms with E-state index in [2.05, 4.69) is 15.1 Å². The van der Waals surface area contributed by atoms with E-state index in [-0.39, 0.29) is 10.8 Å². The molecule has 4 N–H and O–H groups in total. The lowest BCUT2D eigenvalue weighted by Crippen LogP contribution is -2.41. The number of rotatable bonds is 3. The molecule has 0 saturated carbocycles. The zero-order valence-electron chi connectivity index (χ0n) is 10.3. The van der Waals surface area contributed by atoms with E-state index < -0.39 is 15.6 Å². The van der Waals surface area contributed by atoms with Crippen molar-refractivity contribution >= 4 is 32.1 Å². The molecule has 2 rings (SSSR count). The predicted octanol–water partition coefficient (Wildman–Crippen LogP) is 0.758. The van der Waals surface area contributed by atoms with Crippen molar-refractivity contribution in [2.75, 3.05) is 5.43 Å². The molecule has 0 fully saturated rings. The van der Waals surface area contributed by atoms with E-state index in [1.807, 2.05) is 0 Å². The molecule has 18 heavy (non-hydrogen) atoms. The van der Waals surface area contributed by atoms with E-state index >= 15 is 0 Å². The van der Waals surface area contributed by atoms with Gasteiger partial charge in [-0.05, 0) is 20.8 Å². The number of imidazole rings is 1. The maximum Gasteiger partial charge on any atom is 0.260 e. The average molecular weight is 289 g/mol. The number of sulfonamides is 1. The number of hydrogen-bond acceptors (Lipinski definition) is 6. The van der Waals surface area contributed by atoms with Gasteiger partial charge in [-0.15, -0.1) is 11.3 Å². The van der Waals surface area contributed by atoms with Crippen LogP contribution >= 0.6 is 11.3 Å². The molecule has 0 atom stereocenters. The highest BCUT2D eigenvalue weighted by atomic mass is 32.2. The Hall–Kier alpha value is -1.16. The van der Waals surface area contributed by atoms with Gasteiger partial charge in [0.1, 0.15) is 0 Å². The summed E-state index contributed by atoms with van der Waals surface area (Å²) in [5.74, 6) is 5.46. The molecule has 7 nitrogen and oxygen atoms in total. The summed E-state index contributed by atoms with van der Waals surface area (Å²) >= 11 is 1.34. The van der Waals surface area contributed by atoms with E-state index in [1.165, 1.54) is 15.7 Å². The molecular weight excluding hydrogens is 274 g/mol. The second-order valence-corrected chi connectivity index (χ2v) is 7.29. The summed E-state index contributed by atoms with van der Waals surface area (Å²) < 4.78 is 28.7. The second-order valence-electron chi connectivity index (χ2n) is 4.82. The molecule has 0 spiro atoms. The quantitative estimate of drug-likeness (QED) is 0.572. The van der Waals surface area contributed by atoms with Crippen molar-refractivity contribution in [2.24, 2.45) is 5.84 Å². The topological polar surface area (TPSA) is 102 Å². The van der Waals surface area contributed by atoms with Crippen LogP contribution < -0.4 is 16.0 Å². The molecule has 100 valence electrons. The van der Waals surface area contributed by atoms with Crippen molar-refractivity contribution < 1.29 is 8.42 Å². The lowest BCUT2D eigenvalue weighted by molar-refractivity contribution is 0.489. The van der Waals surface area contributed by atoms with Crippen molar-refractivity contribution in [2.45, 2.75) is 31.3 Å². The Morgan fingerprint density at radius 3 is 2.67 bits per heavy atom. The lowest BCUT2D eigenvalue weighted by atomic mass is 10.1. The van der Waals surface area contributed by atoms with Crippen LogP contribution in [-0.4, -0.2) is 23.3 Å². The van der Waals surface area contributed by atoms with Crippen LogP contribution in [0.15, 0.2) is 16.6 Å². The van der Waals surface area contributed by atoms with Crippen molar-refractivity contribution in [1.29, 1.82) is 0 Å². The Labute approximate surface area is 109 Å². The van der Waals surface area contributed by atoms with Gasteiger partial charge in [-0.25, -0.2) is 19.0 Å². The molecule has 0 radical (unpaired) electrons. The third-order valence-electron chi connectivity index (χ3n) is 2.05. The minimum Gasteiger partial charge on any atom is -0.306 e. The summed E-state index contributed by atoms with van der Waals surface area (Å²) in [7, 11) is -3.70. The normalized spacial score (nSPS) is 13.1. The largest absolute Gasteiger partial charge is 0.306 e. The summed E-state index contributed by atoms with van der Waals surface area (Å²) in [5, 5.41) is 1.79. The number of anilines is 1. The Kier molecular flexibility index (Phi) is 3.09. The standard InChI is InChI=1S/C9H15N5O2S2/c1-9(2,3)13-18(15,16)7-6(12-10)11-8-14(7)4-5-17-8/h4-5,12-13H,10H2,1-3H3. The Morgan fingerprint density at radius 2 is 2.11 bits per heavy atom. The van der Waals surface area contributed by atoms with Crippen LogP contribution in [0.1, 0.15) is 20.8 Å². The van der Waals surface area contributed by atoms with Crippen LogP contribution in [0.5, 0.6) is 0 Å². The maximum atomic E-state index is 12.3. The highest BCUT2D eigenvalue weighted by Gasteiger charge is 2.29. The van der Waals surface area contributed by atoms with Gasteiger partial charge in [0.05, 0.1) is 0 Å². The van der Waals surface area contributed by atoms with Crippen molar-refractivity contribution in [1.82, 2.24) is 14.1 Å². The van der Waals surface area contributed by atoms with Gasteiger partial charge in [0.25, 0.3) is 10.0 Å². The number of aromatic nitrogens is 2. The number of nitrogens with one attached hydrogen (secondary N) is 2. The number of nitrogen functional groups attached to an aromatic ring is 1. The van der Waals surface area contributed by atoms with Crippen LogP contribution in [0.4, 0.5) is 5.82 Å². The van der Waals surface area contributed by atoms with Crippen molar-refractivity contribution in [3.8, 4) is 0 Å². The minimum atomic E-state index is -3.70. The molecule has 9 heteroatoms. The molecule has 0 unspecified atom stereocenters. The molecule has 0 saturated heterocycles. The molecule has 0 aromatic carbocycles. The highest BCUT2D eigenvalue weighted by Crippen LogP contribution is 2.25. The molecule has 0 bridgehead atoms. The van der Waals surface area contributed by atoms with Gasteiger partial charge >= 0.3 is 0 Å². The van der Waals surface area contributed by atoms with Crippen LogP contribution in [0, 0.1) is 0 Å². The Morgan fingerprint density at radius 1 is 1.44 bits per heavy atom. The molecule has 2 aromatic heterocycles. The number of hydrogen-bond donors (Lipinski definition) is 3. The first kappa shape index (κ1) is 13.3. The van der Waals surface area contributed by atoms with E-state index in [1.54, 1.807) is 32.3 Å². The van der Waals surface area contributed by atoms with Gasteiger partial charge in [0.15, 0.2) is 10.8 Å². The summed E-state index contributed by atoms with van der Waals surface area (Å²) in [6.45, 7) is 5.31.